The smallest absolute Gasteiger partial charge is 0.313 e. The quantitative estimate of drug-likeness (QED) is 0.357. The van der Waals surface area contributed by atoms with Gasteiger partial charge in [-0.25, -0.2) is 13.2 Å². The van der Waals surface area contributed by atoms with Crippen LogP contribution in [0.15, 0.2) is 72.8 Å². The van der Waals surface area contributed by atoms with Gasteiger partial charge in [-0.15, -0.1) is 0 Å². The zero-order chi connectivity index (χ0) is 23.1. The zero-order valence-electron chi connectivity index (χ0n) is 17.7. The van der Waals surface area contributed by atoms with E-state index in [1.54, 1.807) is 24.3 Å². The summed E-state index contributed by atoms with van der Waals surface area (Å²) in [7, 11) is 0. The number of carbonyl (C=O) groups excluding carboxylic acids is 1. The molecule has 1 atom stereocenters. The van der Waals surface area contributed by atoms with Crippen LogP contribution >= 0.6 is 0 Å². The Hall–Kier alpha value is -3.54. The number of carbonyl (C=O) groups is 1. The van der Waals surface area contributed by atoms with Crippen LogP contribution in [-0.2, 0) is 16.1 Å². The van der Waals surface area contributed by atoms with E-state index in [9.17, 15) is 18.0 Å². The molecular weight excluding hydrogens is 417 g/mol. The average molecular weight is 440 g/mol. The lowest BCUT2D eigenvalue weighted by Crippen LogP contribution is -2.20. The van der Waals surface area contributed by atoms with Crippen molar-refractivity contribution in [2.24, 2.45) is 11.8 Å². The summed E-state index contributed by atoms with van der Waals surface area (Å²) in [6.45, 7) is 3.73. The SMILES string of the molecule is CC(C)C(C=Cc1ccc(F)cc1)C(=O)OCc1ccc(F)c(Oc2ccc(F)cc2)c1. The third-order valence-corrected chi connectivity index (χ3v) is 4.77. The normalized spacial score (nSPS) is 12.2. The van der Waals surface area contributed by atoms with Crippen LogP contribution in [0.2, 0.25) is 0 Å². The van der Waals surface area contributed by atoms with E-state index >= 15 is 0 Å². The second-order valence-electron chi connectivity index (χ2n) is 7.61. The molecule has 166 valence electrons. The molecular formula is C26H23F3O3. The van der Waals surface area contributed by atoms with Crippen molar-refractivity contribution in [1.29, 1.82) is 0 Å². The molecule has 3 aromatic carbocycles. The highest BCUT2D eigenvalue weighted by Gasteiger charge is 2.21. The van der Waals surface area contributed by atoms with Crippen LogP contribution in [0.4, 0.5) is 13.2 Å². The Morgan fingerprint density at radius 2 is 1.53 bits per heavy atom. The Kier molecular flexibility index (Phi) is 7.71. The fourth-order valence-electron chi connectivity index (χ4n) is 2.96. The lowest BCUT2D eigenvalue weighted by molar-refractivity contribution is -0.149. The first kappa shape index (κ1) is 23.1. The second kappa shape index (κ2) is 10.7. The van der Waals surface area contributed by atoms with E-state index in [1.807, 2.05) is 13.8 Å². The van der Waals surface area contributed by atoms with Gasteiger partial charge in [-0.3, -0.25) is 4.79 Å². The second-order valence-corrected chi connectivity index (χ2v) is 7.61. The Bertz CT molecular complexity index is 1070. The molecule has 0 aliphatic carbocycles. The van der Waals surface area contributed by atoms with E-state index in [0.29, 0.717) is 5.56 Å². The van der Waals surface area contributed by atoms with E-state index in [2.05, 4.69) is 0 Å². The largest absolute Gasteiger partial charge is 0.460 e. The van der Waals surface area contributed by atoms with Gasteiger partial charge in [0.05, 0.1) is 5.92 Å². The van der Waals surface area contributed by atoms with Crippen LogP contribution in [0.3, 0.4) is 0 Å². The zero-order valence-corrected chi connectivity index (χ0v) is 17.7. The molecule has 6 heteroatoms. The van der Waals surface area contributed by atoms with Crippen molar-refractivity contribution in [3.8, 4) is 11.5 Å². The number of esters is 1. The average Bonchev–Trinajstić information content (AvgIpc) is 2.77. The molecule has 3 aromatic rings. The molecule has 0 saturated heterocycles. The lowest BCUT2D eigenvalue weighted by atomic mass is 9.95. The van der Waals surface area contributed by atoms with Crippen LogP contribution in [-0.4, -0.2) is 5.97 Å². The maximum absolute atomic E-state index is 14.1. The molecule has 0 fully saturated rings. The maximum atomic E-state index is 14.1. The molecule has 1 unspecified atom stereocenters. The minimum atomic E-state index is -0.591. The Labute approximate surface area is 185 Å². The summed E-state index contributed by atoms with van der Waals surface area (Å²) in [6, 6.07) is 15.3. The van der Waals surface area contributed by atoms with Crippen LogP contribution in [0, 0.1) is 29.3 Å². The van der Waals surface area contributed by atoms with Crippen molar-refractivity contribution in [3.05, 3.63) is 101 Å². The standard InChI is InChI=1S/C26H23F3O3/c1-17(2)23(13-5-18-3-7-20(27)8-4-18)26(30)31-16-19-6-14-24(29)25(15-19)32-22-11-9-21(28)10-12-22/h3-15,17,23H,16H2,1-2H3. The van der Waals surface area contributed by atoms with E-state index in [0.717, 1.165) is 5.56 Å². The van der Waals surface area contributed by atoms with Crippen molar-refractivity contribution in [2.75, 3.05) is 0 Å². The van der Waals surface area contributed by atoms with Crippen molar-refractivity contribution in [3.63, 3.8) is 0 Å². The van der Waals surface area contributed by atoms with Crippen molar-refractivity contribution in [1.82, 2.24) is 0 Å². The molecule has 3 nitrogen and oxygen atoms in total. The van der Waals surface area contributed by atoms with Gasteiger partial charge in [0, 0.05) is 0 Å². The molecule has 32 heavy (non-hydrogen) atoms. The molecule has 3 rings (SSSR count). The molecule has 0 spiro atoms. The van der Waals surface area contributed by atoms with Gasteiger partial charge in [0.25, 0.3) is 0 Å². The van der Waals surface area contributed by atoms with Crippen LogP contribution in [0.25, 0.3) is 6.08 Å². The predicted molar refractivity (Wildman–Crippen MR) is 116 cm³/mol. The van der Waals surface area contributed by atoms with Gasteiger partial charge in [-0.2, -0.15) is 0 Å². The van der Waals surface area contributed by atoms with Crippen LogP contribution in [0.5, 0.6) is 11.5 Å². The molecule has 0 aromatic heterocycles. The molecule has 0 saturated carbocycles. The summed E-state index contributed by atoms with van der Waals surface area (Å²) in [5.41, 5.74) is 1.31. The summed E-state index contributed by atoms with van der Waals surface area (Å²) in [6.07, 6.45) is 3.48. The summed E-state index contributed by atoms with van der Waals surface area (Å²) < 4.78 is 51.1. The Morgan fingerprint density at radius 3 is 2.16 bits per heavy atom. The highest BCUT2D eigenvalue weighted by atomic mass is 19.1. The van der Waals surface area contributed by atoms with E-state index in [4.69, 9.17) is 9.47 Å². The van der Waals surface area contributed by atoms with Gasteiger partial charge in [0.2, 0.25) is 0 Å². The third-order valence-electron chi connectivity index (χ3n) is 4.77. The fourth-order valence-corrected chi connectivity index (χ4v) is 2.96. The molecule has 0 aliphatic rings. The number of hydrogen-bond donors (Lipinski definition) is 0. The van der Waals surface area contributed by atoms with Gasteiger partial charge in [0.15, 0.2) is 11.6 Å². The van der Waals surface area contributed by atoms with Crippen molar-refractivity contribution < 1.29 is 27.4 Å². The number of halogens is 3. The van der Waals surface area contributed by atoms with Gasteiger partial charge in [-0.05, 0) is 65.6 Å². The monoisotopic (exact) mass is 440 g/mol. The van der Waals surface area contributed by atoms with E-state index in [-0.39, 0.29) is 29.8 Å². The summed E-state index contributed by atoms with van der Waals surface area (Å²) >= 11 is 0. The van der Waals surface area contributed by atoms with Gasteiger partial charge < -0.3 is 9.47 Å². The summed E-state index contributed by atoms with van der Waals surface area (Å²) in [5, 5.41) is 0. The first-order valence-electron chi connectivity index (χ1n) is 10.1. The Morgan fingerprint density at radius 1 is 0.906 bits per heavy atom. The summed E-state index contributed by atoms with van der Waals surface area (Å²) in [4.78, 5) is 12.6. The lowest BCUT2D eigenvalue weighted by Gasteiger charge is -2.16. The summed E-state index contributed by atoms with van der Waals surface area (Å²) in [5.74, 6) is -2.07. The molecule has 0 aliphatic heterocycles. The van der Waals surface area contributed by atoms with E-state index in [1.165, 1.54) is 54.6 Å². The molecule has 0 N–H and O–H groups in total. The highest BCUT2D eigenvalue weighted by Crippen LogP contribution is 2.26. The first-order valence-corrected chi connectivity index (χ1v) is 10.1. The van der Waals surface area contributed by atoms with Crippen molar-refractivity contribution >= 4 is 12.0 Å². The fraction of sp³-hybridized carbons (Fsp3) is 0.192. The third kappa shape index (κ3) is 6.48. The maximum Gasteiger partial charge on any atom is 0.313 e. The molecule has 0 radical (unpaired) electrons. The molecule has 0 bridgehead atoms. The topological polar surface area (TPSA) is 35.5 Å². The van der Waals surface area contributed by atoms with Gasteiger partial charge >= 0.3 is 5.97 Å². The predicted octanol–water partition coefficient (Wildman–Crippen LogP) is 6.93. The van der Waals surface area contributed by atoms with E-state index < -0.39 is 23.5 Å². The molecule has 0 heterocycles. The number of rotatable bonds is 8. The van der Waals surface area contributed by atoms with Crippen LogP contribution in [0.1, 0.15) is 25.0 Å². The highest BCUT2D eigenvalue weighted by molar-refractivity contribution is 5.76. The number of ether oxygens (including phenoxy) is 2. The molecule has 0 amide bonds. The van der Waals surface area contributed by atoms with Crippen molar-refractivity contribution in [2.45, 2.75) is 20.5 Å². The number of benzene rings is 3. The first-order chi connectivity index (χ1) is 15.3. The van der Waals surface area contributed by atoms with Crippen LogP contribution < -0.4 is 4.74 Å². The minimum Gasteiger partial charge on any atom is -0.460 e. The minimum absolute atomic E-state index is 0.0233. The van der Waals surface area contributed by atoms with Gasteiger partial charge in [0.1, 0.15) is 24.0 Å². The Balaban J connectivity index is 1.65. The van der Waals surface area contributed by atoms with Gasteiger partial charge in [-0.1, -0.05) is 44.2 Å². The number of hydrogen-bond acceptors (Lipinski definition) is 3.